The largest absolute Gasteiger partial charge is 0.496 e. The number of nitrogens with one attached hydrogen (secondary N) is 1. The first kappa shape index (κ1) is 27.6. The summed E-state index contributed by atoms with van der Waals surface area (Å²) < 4.78 is 28.9. The number of nitrogens with zero attached hydrogens (tertiary/aromatic N) is 6. The van der Waals surface area contributed by atoms with Crippen molar-refractivity contribution in [1.29, 1.82) is 0 Å². The molecule has 3 aromatic heterocycles. The molecule has 1 N–H and O–H groups in total. The summed E-state index contributed by atoms with van der Waals surface area (Å²) in [5.41, 5.74) is 4.81. The zero-order valence-corrected chi connectivity index (χ0v) is 24.1. The summed E-state index contributed by atoms with van der Waals surface area (Å²) in [5.74, 6) is -0.122. The van der Waals surface area contributed by atoms with Crippen LogP contribution in [0, 0.1) is 5.82 Å². The highest BCUT2D eigenvalue weighted by Crippen LogP contribution is 2.40. The minimum atomic E-state index is -0.471. The maximum atomic E-state index is 16.5. The van der Waals surface area contributed by atoms with E-state index in [1.165, 1.54) is 0 Å². The standard InChI is InChI=1S/C32H30FN7O4/c1-43-28-7-3-2-6-22(28)24-15-23(20-5-4-11-38(17-20)29(41)9-13-40-14-10-34-37-40)30(33)31-25(24)16-27(35-31)32(42)39-12-8-26-21(18-39)19-44-36-26/h2-3,5-7,10,14-16,19,35H,4,8-9,11-13,17-18H2,1H3. The number of aryl methyl sites for hydroxylation is 1. The molecule has 2 aliphatic heterocycles. The van der Waals surface area contributed by atoms with Crippen molar-refractivity contribution in [3.05, 3.63) is 89.5 Å². The van der Waals surface area contributed by atoms with E-state index in [1.807, 2.05) is 30.3 Å². The Hall–Kier alpha value is -5.26. The van der Waals surface area contributed by atoms with Crippen LogP contribution >= 0.6 is 0 Å². The van der Waals surface area contributed by atoms with Crippen LogP contribution in [0.3, 0.4) is 0 Å². The molecule has 0 fully saturated rings. The van der Waals surface area contributed by atoms with Gasteiger partial charge < -0.3 is 24.0 Å². The molecule has 5 heterocycles. The predicted molar refractivity (Wildman–Crippen MR) is 159 cm³/mol. The fourth-order valence-corrected chi connectivity index (χ4v) is 6.06. The molecule has 2 aromatic carbocycles. The molecule has 11 nitrogen and oxygen atoms in total. The molecule has 0 saturated heterocycles. The maximum absolute atomic E-state index is 16.5. The number of aromatic nitrogens is 5. The van der Waals surface area contributed by atoms with Gasteiger partial charge in [0.25, 0.3) is 5.91 Å². The number of hydrogen-bond acceptors (Lipinski definition) is 7. The highest BCUT2D eigenvalue weighted by molar-refractivity contribution is 6.05. The number of methoxy groups -OCH3 is 1. The third-order valence-electron chi connectivity index (χ3n) is 8.35. The van der Waals surface area contributed by atoms with Gasteiger partial charge in [0, 0.05) is 60.7 Å². The molecule has 0 unspecified atom stereocenters. The van der Waals surface area contributed by atoms with Crippen molar-refractivity contribution in [3.63, 3.8) is 0 Å². The lowest BCUT2D eigenvalue weighted by Gasteiger charge is -2.28. The van der Waals surface area contributed by atoms with Gasteiger partial charge in [-0.25, -0.2) is 4.39 Å². The molecular formula is C32H30FN7O4. The van der Waals surface area contributed by atoms with E-state index in [-0.39, 0.29) is 36.0 Å². The smallest absolute Gasteiger partial charge is 0.270 e. The van der Waals surface area contributed by atoms with Gasteiger partial charge >= 0.3 is 0 Å². The number of benzene rings is 2. The lowest BCUT2D eigenvalue weighted by atomic mass is 9.93. The Balaban J connectivity index is 1.25. The second kappa shape index (κ2) is 11.4. The Kier molecular flexibility index (Phi) is 7.17. The molecule has 2 amide bonds. The molecular weight excluding hydrogens is 565 g/mol. The highest BCUT2D eigenvalue weighted by atomic mass is 19.1. The van der Waals surface area contributed by atoms with Gasteiger partial charge in [-0.1, -0.05) is 34.6 Å². The van der Waals surface area contributed by atoms with Crippen molar-refractivity contribution < 1.29 is 23.2 Å². The summed E-state index contributed by atoms with van der Waals surface area (Å²) in [4.78, 5) is 33.3. The van der Waals surface area contributed by atoms with Crippen LogP contribution in [0.25, 0.3) is 27.6 Å². The van der Waals surface area contributed by atoms with Gasteiger partial charge in [-0.15, -0.1) is 5.10 Å². The van der Waals surface area contributed by atoms with E-state index in [2.05, 4.69) is 20.5 Å². The average Bonchev–Trinajstić information content (AvgIpc) is 3.85. The third-order valence-corrected chi connectivity index (χ3v) is 8.35. The van der Waals surface area contributed by atoms with Crippen LogP contribution < -0.4 is 4.74 Å². The summed E-state index contributed by atoms with van der Waals surface area (Å²) in [6, 6.07) is 11.0. The number of aromatic amines is 1. The van der Waals surface area contributed by atoms with E-state index in [4.69, 9.17) is 9.26 Å². The SMILES string of the molecule is COc1ccccc1-c1cc(C2=CCCN(C(=O)CCn3ccnn3)C2)c(F)c2[nH]c(C(=O)N3CCc4nocc4C3)cc12. The van der Waals surface area contributed by atoms with Crippen LogP contribution in [0.2, 0.25) is 0 Å². The Morgan fingerprint density at radius 1 is 1.09 bits per heavy atom. The quantitative estimate of drug-likeness (QED) is 0.295. The van der Waals surface area contributed by atoms with Crippen LogP contribution in [0.15, 0.2) is 65.7 Å². The summed E-state index contributed by atoms with van der Waals surface area (Å²) >= 11 is 0. The molecule has 0 radical (unpaired) electrons. The monoisotopic (exact) mass is 595 g/mol. The van der Waals surface area contributed by atoms with Crippen LogP contribution in [0.4, 0.5) is 4.39 Å². The van der Waals surface area contributed by atoms with Crippen molar-refractivity contribution in [2.45, 2.75) is 32.4 Å². The first-order chi connectivity index (χ1) is 21.5. The van der Waals surface area contributed by atoms with Crippen molar-refractivity contribution in [2.75, 3.05) is 26.7 Å². The van der Waals surface area contributed by atoms with Gasteiger partial charge in [-0.2, -0.15) is 0 Å². The van der Waals surface area contributed by atoms with Gasteiger partial charge in [0.1, 0.15) is 17.7 Å². The normalized spacial score (nSPS) is 14.9. The van der Waals surface area contributed by atoms with Crippen LogP contribution in [-0.4, -0.2) is 73.5 Å². The molecule has 2 aliphatic rings. The fraction of sp³-hybridized carbons (Fsp3) is 0.281. The van der Waals surface area contributed by atoms with Crippen molar-refractivity contribution >= 4 is 28.3 Å². The van der Waals surface area contributed by atoms with Gasteiger partial charge in [-0.3, -0.25) is 14.3 Å². The van der Waals surface area contributed by atoms with Crippen LogP contribution in [0.5, 0.6) is 5.75 Å². The molecule has 5 aromatic rings. The number of fused-ring (bicyclic) bond motifs is 2. The Morgan fingerprint density at radius 2 is 1.98 bits per heavy atom. The second-order valence-electron chi connectivity index (χ2n) is 11.0. The Labute approximate surface area is 251 Å². The number of rotatable bonds is 7. The van der Waals surface area contributed by atoms with Crippen molar-refractivity contribution in [3.8, 4) is 16.9 Å². The second-order valence-corrected chi connectivity index (χ2v) is 11.0. The van der Waals surface area contributed by atoms with Crippen molar-refractivity contribution in [2.24, 2.45) is 0 Å². The number of halogens is 1. The Morgan fingerprint density at radius 3 is 2.82 bits per heavy atom. The molecule has 0 saturated carbocycles. The molecule has 12 heteroatoms. The predicted octanol–water partition coefficient (Wildman–Crippen LogP) is 4.47. The van der Waals surface area contributed by atoms with Gasteiger partial charge in [0.2, 0.25) is 5.91 Å². The first-order valence-electron chi connectivity index (χ1n) is 14.5. The molecule has 7 rings (SSSR count). The summed E-state index contributed by atoms with van der Waals surface area (Å²) in [5, 5.41) is 12.3. The molecule has 0 spiro atoms. The minimum absolute atomic E-state index is 0.0391. The number of ether oxygens (including phenoxy) is 1. The van der Waals surface area contributed by atoms with Crippen LogP contribution in [-0.2, 0) is 24.3 Å². The highest BCUT2D eigenvalue weighted by Gasteiger charge is 2.28. The first-order valence-corrected chi connectivity index (χ1v) is 14.5. The lowest BCUT2D eigenvalue weighted by molar-refractivity contribution is -0.131. The number of H-pyrrole nitrogens is 1. The molecule has 224 valence electrons. The van der Waals surface area contributed by atoms with Gasteiger partial charge in [0.15, 0.2) is 5.82 Å². The van der Waals surface area contributed by atoms with Crippen LogP contribution in [0.1, 0.15) is 40.2 Å². The average molecular weight is 596 g/mol. The molecule has 0 aliphatic carbocycles. The minimum Gasteiger partial charge on any atom is -0.496 e. The Bertz CT molecular complexity index is 1890. The number of carbonyl (C=O) groups is 2. The summed E-state index contributed by atoms with van der Waals surface area (Å²) in [7, 11) is 1.59. The number of carbonyl (C=O) groups excluding carboxylic acids is 2. The molecule has 44 heavy (non-hydrogen) atoms. The van der Waals surface area contributed by atoms with E-state index in [9.17, 15) is 9.59 Å². The third kappa shape index (κ3) is 5.01. The van der Waals surface area contributed by atoms with E-state index < -0.39 is 5.82 Å². The van der Waals surface area contributed by atoms with E-state index in [0.717, 1.165) is 22.4 Å². The fourth-order valence-electron chi connectivity index (χ4n) is 6.06. The molecule has 0 bridgehead atoms. The maximum Gasteiger partial charge on any atom is 0.270 e. The number of amides is 2. The van der Waals surface area contributed by atoms with E-state index in [1.54, 1.807) is 52.4 Å². The topological polar surface area (TPSA) is 122 Å². The zero-order valence-electron chi connectivity index (χ0n) is 24.1. The van der Waals surface area contributed by atoms with Gasteiger partial charge in [-0.05, 0) is 35.8 Å². The summed E-state index contributed by atoms with van der Waals surface area (Å²) in [6.45, 7) is 2.09. The van der Waals surface area contributed by atoms with Crippen molar-refractivity contribution in [1.82, 2.24) is 34.9 Å². The lowest BCUT2D eigenvalue weighted by Crippen LogP contribution is -2.36. The number of hydrogen-bond donors (Lipinski definition) is 1. The molecule has 0 atom stereocenters. The zero-order chi connectivity index (χ0) is 30.2. The van der Waals surface area contributed by atoms with Gasteiger partial charge in [0.05, 0.1) is 37.6 Å². The summed E-state index contributed by atoms with van der Waals surface area (Å²) in [6.07, 6.45) is 8.28. The van der Waals surface area contributed by atoms with E-state index in [0.29, 0.717) is 61.3 Å². The number of para-hydroxylation sites is 1. The van der Waals surface area contributed by atoms with E-state index >= 15 is 4.39 Å².